The molecule has 0 aliphatic carbocycles. The van der Waals surface area contributed by atoms with Crippen molar-refractivity contribution in [3.05, 3.63) is 29.6 Å². The highest BCUT2D eigenvalue weighted by Crippen LogP contribution is 2.23. The van der Waals surface area contributed by atoms with E-state index in [2.05, 4.69) is 63.9 Å². The molecule has 2 aliphatic rings. The lowest BCUT2D eigenvalue weighted by molar-refractivity contribution is 0.122. The smallest absolute Gasteiger partial charge is 0.227 e. The maximum Gasteiger partial charge on any atom is 0.227 e. The van der Waals surface area contributed by atoms with Gasteiger partial charge in [-0.3, -0.25) is 0 Å². The second-order valence-electron chi connectivity index (χ2n) is 8.77. The average molecular weight is 398 g/mol. The number of aromatic nitrogens is 4. The Morgan fingerprint density at radius 3 is 2.07 bits per heavy atom. The van der Waals surface area contributed by atoms with Gasteiger partial charge in [-0.25, -0.2) is 4.98 Å². The van der Waals surface area contributed by atoms with Crippen LogP contribution in [0.3, 0.4) is 0 Å². The standard InChI is InChI=1S/C21H31N7O/c1-16-15-19(27-11-13-29-14-12-27)23-20(22-16)28-9-7-26(8-10-28)18-6-5-17(24-25-18)21(2,3)4/h5-6,15H,7-14H2,1-4H3. The van der Waals surface area contributed by atoms with Crippen LogP contribution >= 0.6 is 0 Å². The van der Waals surface area contributed by atoms with Gasteiger partial charge in [0.05, 0.1) is 18.9 Å². The maximum atomic E-state index is 5.47. The molecule has 29 heavy (non-hydrogen) atoms. The molecular formula is C21H31N7O. The number of ether oxygens (including phenoxy) is 1. The van der Waals surface area contributed by atoms with Crippen LogP contribution in [0.2, 0.25) is 0 Å². The highest BCUT2D eigenvalue weighted by Gasteiger charge is 2.23. The van der Waals surface area contributed by atoms with Crippen molar-refractivity contribution in [2.75, 3.05) is 67.2 Å². The Morgan fingerprint density at radius 2 is 1.45 bits per heavy atom. The molecule has 0 radical (unpaired) electrons. The Balaban J connectivity index is 1.42. The van der Waals surface area contributed by atoms with Crippen LogP contribution in [0, 0.1) is 6.92 Å². The van der Waals surface area contributed by atoms with E-state index >= 15 is 0 Å². The first-order valence-electron chi connectivity index (χ1n) is 10.4. The van der Waals surface area contributed by atoms with Crippen molar-refractivity contribution in [2.45, 2.75) is 33.1 Å². The van der Waals surface area contributed by atoms with Crippen LogP contribution in [0.1, 0.15) is 32.2 Å². The van der Waals surface area contributed by atoms with Gasteiger partial charge < -0.3 is 19.4 Å². The molecule has 2 aliphatic heterocycles. The van der Waals surface area contributed by atoms with E-state index in [4.69, 9.17) is 14.7 Å². The van der Waals surface area contributed by atoms with E-state index in [-0.39, 0.29) is 5.41 Å². The van der Waals surface area contributed by atoms with Crippen molar-refractivity contribution in [3.63, 3.8) is 0 Å². The van der Waals surface area contributed by atoms with E-state index in [1.54, 1.807) is 0 Å². The summed E-state index contributed by atoms with van der Waals surface area (Å²) in [6.07, 6.45) is 0. The van der Waals surface area contributed by atoms with Gasteiger partial charge in [0.15, 0.2) is 5.82 Å². The molecule has 0 spiro atoms. The molecule has 4 heterocycles. The third-order valence-corrected chi connectivity index (χ3v) is 5.47. The third kappa shape index (κ3) is 4.58. The van der Waals surface area contributed by atoms with E-state index in [9.17, 15) is 0 Å². The second-order valence-corrected chi connectivity index (χ2v) is 8.77. The normalized spacial score (nSPS) is 18.3. The van der Waals surface area contributed by atoms with Gasteiger partial charge in [0, 0.05) is 56.4 Å². The predicted octanol–water partition coefficient (Wildman–Crippen LogP) is 2.04. The fraction of sp³-hybridized carbons (Fsp3) is 0.619. The zero-order valence-corrected chi connectivity index (χ0v) is 17.9. The van der Waals surface area contributed by atoms with E-state index < -0.39 is 0 Å². The van der Waals surface area contributed by atoms with Crippen LogP contribution in [0.15, 0.2) is 18.2 Å². The highest BCUT2D eigenvalue weighted by molar-refractivity contribution is 5.48. The van der Waals surface area contributed by atoms with Crippen molar-refractivity contribution in [1.29, 1.82) is 0 Å². The lowest BCUT2D eigenvalue weighted by Crippen LogP contribution is -2.47. The molecule has 0 atom stereocenters. The van der Waals surface area contributed by atoms with Crippen LogP contribution < -0.4 is 14.7 Å². The lowest BCUT2D eigenvalue weighted by atomic mass is 9.92. The molecule has 2 saturated heterocycles. The number of morpholine rings is 1. The molecule has 2 aromatic rings. The molecule has 0 unspecified atom stereocenters. The van der Waals surface area contributed by atoms with Crippen LogP contribution in [0.25, 0.3) is 0 Å². The summed E-state index contributed by atoms with van der Waals surface area (Å²) >= 11 is 0. The topological polar surface area (TPSA) is 70.5 Å². The number of nitrogens with zero attached hydrogens (tertiary/aromatic N) is 7. The quantitative estimate of drug-likeness (QED) is 0.779. The summed E-state index contributed by atoms with van der Waals surface area (Å²) in [5.74, 6) is 2.76. The zero-order chi connectivity index (χ0) is 20.4. The molecule has 4 rings (SSSR count). The van der Waals surface area contributed by atoms with Crippen molar-refractivity contribution in [2.24, 2.45) is 0 Å². The van der Waals surface area contributed by atoms with Gasteiger partial charge in [0.25, 0.3) is 0 Å². The van der Waals surface area contributed by atoms with Gasteiger partial charge in [-0.2, -0.15) is 10.1 Å². The second kappa shape index (κ2) is 8.10. The molecule has 0 bridgehead atoms. The number of aryl methyl sites for hydroxylation is 1. The zero-order valence-electron chi connectivity index (χ0n) is 17.9. The molecule has 0 aromatic carbocycles. The van der Waals surface area contributed by atoms with E-state index in [0.717, 1.165) is 81.5 Å². The van der Waals surface area contributed by atoms with Gasteiger partial charge in [-0.05, 0) is 19.1 Å². The molecule has 0 N–H and O–H groups in total. The number of piperazine rings is 1. The fourth-order valence-electron chi connectivity index (χ4n) is 3.66. The Labute approximate surface area is 172 Å². The molecule has 8 nitrogen and oxygen atoms in total. The molecule has 0 saturated carbocycles. The molecular weight excluding hydrogens is 366 g/mol. The fourth-order valence-corrected chi connectivity index (χ4v) is 3.66. The number of hydrogen-bond donors (Lipinski definition) is 0. The van der Waals surface area contributed by atoms with Gasteiger partial charge in [-0.1, -0.05) is 20.8 Å². The first-order valence-corrected chi connectivity index (χ1v) is 10.4. The van der Waals surface area contributed by atoms with E-state index in [1.165, 1.54) is 0 Å². The first-order chi connectivity index (χ1) is 13.9. The van der Waals surface area contributed by atoms with Gasteiger partial charge in [0.1, 0.15) is 5.82 Å². The van der Waals surface area contributed by atoms with E-state index in [1.807, 2.05) is 6.92 Å². The number of rotatable bonds is 3. The van der Waals surface area contributed by atoms with Crippen LogP contribution in [0.5, 0.6) is 0 Å². The molecule has 2 fully saturated rings. The Kier molecular flexibility index (Phi) is 5.54. The monoisotopic (exact) mass is 397 g/mol. The molecule has 8 heteroatoms. The van der Waals surface area contributed by atoms with Crippen molar-refractivity contribution < 1.29 is 4.74 Å². The van der Waals surface area contributed by atoms with Crippen LogP contribution in [0.4, 0.5) is 17.6 Å². The van der Waals surface area contributed by atoms with Crippen LogP contribution in [-0.4, -0.2) is 72.6 Å². The summed E-state index contributed by atoms with van der Waals surface area (Å²) in [6, 6.07) is 6.24. The van der Waals surface area contributed by atoms with Crippen molar-refractivity contribution >= 4 is 17.6 Å². The summed E-state index contributed by atoms with van der Waals surface area (Å²) < 4.78 is 5.47. The van der Waals surface area contributed by atoms with E-state index in [0.29, 0.717) is 0 Å². The maximum absolute atomic E-state index is 5.47. The van der Waals surface area contributed by atoms with Gasteiger partial charge in [-0.15, -0.1) is 5.10 Å². The summed E-state index contributed by atoms with van der Waals surface area (Å²) in [6.45, 7) is 15.3. The summed E-state index contributed by atoms with van der Waals surface area (Å²) in [5, 5.41) is 8.90. The number of hydrogen-bond acceptors (Lipinski definition) is 8. The summed E-state index contributed by atoms with van der Waals surface area (Å²) in [7, 11) is 0. The third-order valence-electron chi connectivity index (χ3n) is 5.47. The Morgan fingerprint density at radius 1 is 0.793 bits per heavy atom. The van der Waals surface area contributed by atoms with Gasteiger partial charge in [0.2, 0.25) is 5.95 Å². The Hall–Kier alpha value is -2.48. The van der Waals surface area contributed by atoms with Crippen molar-refractivity contribution in [1.82, 2.24) is 20.2 Å². The molecule has 2 aromatic heterocycles. The van der Waals surface area contributed by atoms with Crippen LogP contribution in [-0.2, 0) is 10.2 Å². The van der Waals surface area contributed by atoms with Gasteiger partial charge >= 0.3 is 0 Å². The Bertz CT molecular complexity index is 820. The average Bonchev–Trinajstić information content (AvgIpc) is 2.73. The first kappa shape index (κ1) is 19.8. The SMILES string of the molecule is Cc1cc(N2CCOCC2)nc(N2CCN(c3ccc(C(C)(C)C)nn3)CC2)n1. The minimum atomic E-state index is 0.0188. The molecule has 156 valence electrons. The highest BCUT2D eigenvalue weighted by atomic mass is 16.5. The minimum absolute atomic E-state index is 0.0188. The summed E-state index contributed by atoms with van der Waals surface area (Å²) in [4.78, 5) is 16.4. The number of anilines is 3. The minimum Gasteiger partial charge on any atom is -0.378 e. The van der Waals surface area contributed by atoms with Crippen molar-refractivity contribution in [3.8, 4) is 0 Å². The summed E-state index contributed by atoms with van der Waals surface area (Å²) in [5.41, 5.74) is 2.04. The largest absolute Gasteiger partial charge is 0.378 e. The lowest BCUT2D eigenvalue weighted by Gasteiger charge is -2.36. The predicted molar refractivity (Wildman–Crippen MR) is 115 cm³/mol. The molecule has 0 amide bonds.